The van der Waals surface area contributed by atoms with Crippen LogP contribution in [0.5, 0.6) is 0 Å². The highest BCUT2D eigenvalue weighted by Gasteiger charge is 2.23. The molecule has 0 saturated carbocycles. The summed E-state index contributed by atoms with van der Waals surface area (Å²) in [5.74, 6) is -0.912. The number of nitrogens with one attached hydrogen (secondary N) is 1. The van der Waals surface area contributed by atoms with Crippen molar-refractivity contribution in [3.05, 3.63) is 71.8 Å². The molecule has 1 amide bonds. The van der Waals surface area contributed by atoms with Gasteiger partial charge < -0.3 is 15.8 Å². The summed E-state index contributed by atoms with van der Waals surface area (Å²) >= 11 is 0. The molecule has 0 radical (unpaired) electrons. The Labute approximate surface area is 154 Å². The van der Waals surface area contributed by atoms with E-state index in [-0.39, 0.29) is 24.5 Å². The average molecular weight is 354 g/mol. The van der Waals surface area contributed by atoms with E-state index in [9.17, 15) is 9.59 Å². The standard InChI is InChI=1S/C21H26N2O3/c1-3-15(2)19(22)21(25)26-14-18(24)23-20(16-10-6-4-7-11-16)17-12-8-5-9-13-17/h4-13,15,19-20H,3,14,22H2,1-2H3,(H,23,24)/t15-,19-/m0/s1. The monoisotopic (exact) mass is 354 g/mol. The van der Waals surface area contributed by atoms with Crippen LogP contribution in [0.15, 0.2) is 60.7 Å². The first-order valence-electron chi connectivity index (χ1n) is 8.84. The number of benzene rings is 2. The van der Waals surface area contributed by atoms with Crippen molar-refractivity contribution >= 4 is 11.9 Å². The second kappa shape index (κ2) is 9.73. The Hall–Kier alpha value is -2.66. The number of carbonyl (C=O) groups excluding carboxylic acids is 2. The summed E-state index contributed by atoms with van der Waals surface area (Å²) in [4.78, 5) is 24.3. The number of nitrogens with two attached hydrogens (primary N) is 1. The fraction of sp³-hybridized carbons (Fsp3) is 0.333. The molecule has 0 bridgehead atoms. The van der Waals surface area contributed by atoms with Crippen LogP contribution in [0.3, 0.4) is 0 Å². The van der Waals surface area contributed by atoms with Crippen molar-refractivity contribution in [2.24, 2.45) is 11.7 Å². The minimum atomic E-state index is -0.716. The molecule has 2 rings (SSSR count). The molecule has 0 saturated heterocycles. The molecule has 0 aliphatic carbocycles. The average Bonchev–Trinajstić information content (AvgIpc) is 2.70. The molecule has 138 valence electrons. The van der Waals surface area contributed by atoms with Gasteiger partial charge in [0.2, 0.25) is 0 Å². The molecule has 0 aliphatic rings. The molecule has 0 fully saturated rings. The zero-order chi connectivity index (χ0) is 18.9. The predicted octanol–water partition coefficient (Wildman–Crippen LogP) is 2.81. The Bertz CT molecular complexity index is 664. The smallest absolute Gasteiger partial charge is 0.323 e. The number of ether oxygens (including phenoxy) is 1. The van der Waals surface area contributed by atoms with Gasteiger partial charge in [0.1, 0.15) is 6.04 Å². The van der Waals surface area contributed by atoms with E-state index in [0.29, 0.717) is 0 Å². The highest BCUT2D eigenvalue weighted by Crippen LogP contribution is 2.21. The zero-order valence-corrected chi connectivity index (χ0v) is 15.2. The number of rotatable bonds is 8. The van der Waals surface area contributed by atoms with Gasteiger partial charge in [-0.3, -0.25) is 9.59 Å². The third-order valence-corrected chi connectivity index (χ3v) is 4.45. The van der Waals surface area contributed by atoms with E-state index in [1.54, 1.807) is 0 Å². The van der Waals surface area contributed by atoms with Crippen LogP contribution >= 0.6 is 0 Å². The van der Waals surface area contributed by atoms with Crippen LogP contribution in [0.4, 0.5) is 0 Å². The van der Waals surface area contributed by atoms with Crippen molar-refractivity contribution < 1.29 is 14.3 Å². The van der Waals surface area contributed by atoms with E-state index in [4.69, 9.17) is 10.5 Å². The van der Waals surface area contributed by atoms with Crippen LogP contribution < -0.4 is 11.1 Å². The molecule has 2 atom stereocenters. The van der Waals surface area contributed by atoms with Gasteiger partial charge in [0, 0.05) is 0 Å². The summed E-state index contributed by atoms with van der Waals surface area (Å²) in [6.07, 6.45) is 0.770. The Kier molecular flexibility index (Phi) is 7.36. The van der Waals surface area contributed by atoms with Crippen LogP contribution in [0.1, 0.15) is 37.4 Å². The summed E-state index contributed by atoms with van der Waals surface area (Å²) in [5.41, 5.74) is 7.74. The summed E-state index contributed by atoms with van der Waals surface area (Å²) in [5, 5.41) is 2.93. The molecule has 0 spiro atoms. The zero-order valence-electron chi connectivity index (χ0n) is 15.2. The van der Waals surface area contributed by atoms with Gasteiger partial charge in [-0.25, -0.2) is 0 Å². The summed E-state index contributed by atoms with van der Waals surface area (Å²) in [6, 6.07) is 18.3. The number of amides is 1. The van der Waals surface area contributed by atoms with Gasteiger partial charge in [0.25, 0.3) is 5.91 Å². The number of hydrogen-bond acceptors (Lipinski definition) is 4. The molecule has 3 N–H and O–H groups in total. The second-order valence-electron chi connectivity index (χ2n) is 6.34. The van der Waals surface area contributed by atoms with E-state index in [1.807, 2.05) is 74.5 Å². The largest absolute Gasteiger partial charge is 0.454 e. The molecule has 5 heteroatoms. The van der Waals surface area contributed by atoms with E-state index in [0.717, 1.165) is 17.5 Å². The van der Waals surface area contributed by atoms with Crippen LogP contribution in [0, 0.1) is 5.92 Å². The Morgan fingerprint density at radius 2 is 1.50 bits per heavy atom. The fourth-order valence-electron chi connectivity index (χ4n) is 2.57. The SMILES string of the molecule is CC[C@H](C)[C@H](N)C(=O)OCC(=O)NC(c1ccccc1)c1ccccc1. The highest BCUT2D eigenvalue weighted by atomic mass is 16.5. The molecular weight excluding hydrogens is 328 g/mol. The van der Waals surface area contributed by atoms with E-state index >= 15 is 0 Å². The lowest BCUT2D eigenvalue weighted by atomic mass is 9.99. The molecule has 5 nitrogen and oxygen atoms in total. The van der Waals surface area contributed by atoms with Gasteiger partial charge in [-0.2, -0.15) is 0 Å². The quantitative estimate of drug-likeness (QED) is 0.714. The Balaban J connectivity index is 2.02. The number of hydrogen-bond donors (Lipinski definition) is 2. The maximum Gasteiger partial charge on any atom is 0.323 e. The molecule has 0 aliphatic heterocycles. The van der Waals surface area contributed by atoms with E-state index in [1.165, 1.54) is 0 Å². The van der Waals surface area contributed by atoms with Crippen LogP contribution in [0.2, 0.25) is 0 Å². The first kappa shape index (κ1) is 19.7. The lowest BCUT2D eigenvalue weighted by Gasteiger charge is -2.21. The van der Waals surface area contributed by atoms with Gasteiger partial charge in [-0.1, -0.05) is 80.9 Å². The number of carbonyl (C=O) groups is 2. The first-order valence-corrected chi connectivity index (χ1v) is 8.84. The van der Waals surface area contributed by atoms with Crippen molar-refractivity contribution in [1.82, 2.24) is 5.32 Å². The summed E-state index contributed by atoms with van der Waals surface area (Å²) in [7, 11) is 0. The lowest BCUT2D eigenvalue weighted by molar-refractivity contribution is -0.151. The number of esters is 1. The van der Waals surface area contributed by atoms with Crippen molar-refractivity contribution in [3.63, 3.8) is 0 Å². The van der Waals surface area contributed by atoms with Crippen molar-refractivity contribution in [1.29, 1.82) is 0 Å². The van der Waals surface area contributed by atoms with E-state index < -0.39 is 12.0 Å². The van der Waals surface area contributed by atoms with Gasteiger partial charge >= 0.3 is 5.97 Å². The highest BCUT2D eigenvalue weighted by molar-refractivity contribution is 5.83. The van der Waals surface area contributed by atoms with Crippen molar-refractivity contribution in [3.8, 4) is 0 Å². The maximum absolute atomic E-state index is 12.3. The van der Waals surface area contributed by atoms with Crippen LogP contribution in [-0.2, 0) is 14.3 Å². The molecular formula is C21H26N2O3. The van der Waals surface area contributed by atoms with Gasteiger partial charge in [0.15, 0.2) is 6.61 Å². The minimum absolute atomic E-state index is 0.00643. The lowest BCUT2D eigenvalue weighted by Crippen LogP contribution is -2.40. The summed E-state index contributed by atoms with van der Waals surface area (Å²) < 4.78 is 5.09. The maximum atomic E-state index is 12.3. The van der Waals surface area contributed by atoms with Gasteiger partial charge in [0.05, 0.1) is 6.04 Å². The van der Waals surface area contributed by atoms with Crippen molar-refractivity contribution in [2.75, 3.05) is 6.61 Å². The molecule has 2 aromatic rings. The molecule has 0 aromatic heterocycles. The van der Waals surface area contributed by atoms with Crippen LogP contribution in [-0.4, -0.2) is 24.5 Å². The van der Waals surface area contributed by atoms with Crippen molar-refractivity contribution in [2.45, 2.75) is 32.4 Å². The topological polar surface area (TPSA) is 81.4 Å². The Morgan fingerprint density at radius 1 is 1.00 bits per heavy atom. The van der Waals surface area contributed by atoms with Crippen LogP contribution in [0.25, 0.3) is 0 Å². The fourth-order valence-corrected chi connectivity index (χ4v) is 2.57. The Morgan fingerprint density at radius 3 is 1.96 bits per heavy atom. The normalized spacial score (nSPS) is 13.1. The minimum Gasteiger partial charge on any atom is -0.454 e. The molecule has 0 unspecified atom stereocenters. The van der Waals surface area contributed by atoms with Gasteiger partial charge in [-0.05, 0) is 17.0 Å². The molecule has 0 heterocycles. The predicted molar refractivity (Wildman–Crippen MR) is 101 cm³/mol. The van der Waals surface area contributed by atoms with E-state index in [2.05, 4.69) is 5.32 Å². The molecule has 2 aromatic carbocycles. The molecule has 26 heavy (non-hydrogen) atoms. The van der Waals surface area contributed by atoms with Gasteiger partial charge in [-0.15, -0.1) is 0 Å². The summed E-state index contributed by atoms with van der Waals surface area (Å²) in [6.45, 7) is 3.49. The second-order valence-corrected chi connectivity index (χ2v) is 6.34. The third-order valence-electron chi connectivity index (χ3n) is 4.45. The first-order chi connectivity index (χ1) is 12.5. The third kappa shape index (κ3) is 5.43.